The van der Waals surface area contributed by atoms with Crippen molar-refractivity contribution in [2.75, 3.05) is 40.8 Å². The van der Waals surface area contributed by atoms with Crippen LogP contribution in [0.3, 0.4) is 0 Å². The summed E-state index contributed by atoms with van der Waals surface area (Å²) in [5.41, 5.74) is 0.928. The van der Waals surface area contributed by atoms with E-state index in [2.05, 4.69) is 33.4 Å². The van der Waals surface area contributed by atoms with E-state index in [1.54, 1.807) is 12.1 Å². The molecule has 0 aromatic heterocycles. The maximum Gasteiger partial charge on any atom is 0.124 e. The molecule has 0 saturated heterocycles. The quantitative estimate of drug-likeness (QED) is 0.211. The predicted octanol–water partition coefficient (Wildman–Crippen LogP) is 4.46. The number of nitrogens with one attached hydrogen (secondary N) is 1. The van der Waals surface area contributed by atoms with Crippen LogP contribution in [0.15, 0.2) is 29.2 Å². The lowest BCUT2D eigenvalue weighted by Gasteiger charge is -2.26. The number of aliphatic hydroxyl groups is 1. The third-order valence-electron chi connectivity index (χ3n) is 5.16. The number of hydrogen-bond acceptors (Lipinski definition) is 5. The molecule has 0 amide bonds. The van der Waals surface area contributed by atoms with E-state index in [1.807, 2.05) is 6.92 Å². The van der Waals surface area contributed by atoms with Crippen LogP contribution in [-0.4, -0.2) is 69.4 Å². The summed E-state index contributed by atoms with van der Waals surface area (Å²) < 4.78 is 32.0. The van der Waals surface area contributed by atoms with Gasteiger partial charge in [0.05, 0.1) is 26.0 Å². The minimum atomic E-state index is -4.27. The fourth-order valence-electron chi connectivity index (χ4n) is 3.41. The molecule has 1 rings (SSSR count). The molecule has 188 valence electrons. The van der Waals surface area contributed by atoms with Crippen LogP contribution in [0.4, 0.5) is 0 Å². The molecule has 1 aromatic rings. The molecule has 0 fully saturated rings. The van der Waals surface area contributed by atoms with Crippen LogP contribution in [-0.2, 0) is 10.1 Å². The summed E-state index contributed by atoms with van der Waals surface area (Å²) in [6.45, 7) is 6.68. The van der Waals surface area contributed by atoms with E-state index in [9.17, 15) is 18.1 Å². The minimum Gasteiger partial charge on any atom is -0.744 e. The molecule has 7 heteroatoms. The molecule has 0 aliphatic heterocycles. The Hall–Kier alpha value is -0.990. The lowest BCUT2D eigenvalue weighted by Crippen LogP contribution is -2.45. The average molecular weight is 473 g/mol. The van der Waals surface area contributed by atoms with Gasteiger partial charge in [-0.25, -0.2) is 8.42 Å². The Balaban J connectivity index is 0.000000726. The first-order chi connectivity index (χ1) is 15.0. The summed E-state index contributed by atoms with van der Waals surface area (Å²) in [4.78, 5) is -0.178. The van der Waals surface area contributed by atoms with Crippen molar-refractivity contribution in [2.24, 2.45) is 0 Å². The molecule has 0 bridgehead atoms. The van der Waals surface area contributed by atoms with Gasteiger partial charge in [0.1, 0.15) is 22.8 Å². The standard InChI is InChI=1S/C18H41N2O.C7H8O3S/c1-5-6-7-8-9-10-11-12-13-14-15-19-16-18(21)17-20(2,3)4;1-6-2-4-7(5-3-6)11(8,9)10/h18-19,21H,5-17H2,1-4H3;2-5H,1H3,(H,8,9,10)/q+1;/p-1. The van der Waals surface area contributed by atoms with E-state index < -0.39 is 10.1 Å². The van der Waals surface area contributed by atoms with Crippen molar-refractivity contribution in [2.45, 2.75) is 89.1 Å². The number of aliphatic hydroxyl groups excluding tert-OH is 1. The monoisotopic (exact) mass is 472 g/mol. The van der Waals surface area contributed by atoms with Gasteiger partial charge < -0.3 is 19.5 Å². The van der Waals surface area contributed by atoms with Gasteiger partial charge in [0.2, 0.25) is 0 Å². The van der Waals surface area contributed by atoms with Gasteiger partial charge in [0, 0.05) is 6.54 Å². The molecular weight excluding hydrogens is 424 g/mol. The minimum absolute atomic E-state index is 0.178. The molecule has 0 aliphatic carbocycles. The number of likely N-dealkylation sites (N-methyl/N-ethyl adjacent to an activating group) is 1. The molecule has 0 saturated carbocycles. The van der Waals surface area contributed by atoms with Crippen molar-refractivity contribution in [1.82, 2.24) is 5.32 Å². The van der Waals surface area contributed by atoms with Gasteiger partial charge in [-0.15, -0.1) is 0 Å². The molecular formula is C25H48N2O4S. The van der Waals surface area contributed by atoms with Crippen molar-refractivity contribution in [1.29, 1.82) is 0 Å². The fraction of sp³-hybridized carbons (Fsp3) is 0.760. The lowest BCUT2D eigenvalue weighted by atomic mass is 10.1. The molecule has 2 N–H and O–H groups in total. The van der Waals surface area contributed by atoms with Crippen LogP contribution in [0, 0.1) is 6.92 Å². The molecule has 0 radical (unpaired) electrons. The zero-order chi connectivity index (χ0) is 24.5. The topological polar surface area (TPSA) is 89.5 Å². The van der Waals surface area contributed by atoms with E-state index >= 15 is 0 Å². The highest BCUT2D eigenvalue weighted by atomic mass is 32.2. The summed E-state index contributed by atoms with van der Waals surface area (Å²) in [5, 5.41) is 13.2. The van der Waals surface area contributed by atoms with Crippen molar-refractivity contribution >= 4 is 10.1 Å². The molecule has 1 unspecified atom stereocenters. The number of unbranched alkanes of at least 4 members (excludes halogenated alkanes) is 9. The second-order valence-corrected chi connectivity index (χ2v) is 11.2. The molecule has 0 aliphatic rings. The highest BCUT2D eigenvalue weighted by Crippen LogP contribution is 2.10. The Morgan fingerprint density at radius 3 is 1.81 bits per heavy atom. The number of hydrogen-bond donors (Lipinski definition) is 2. The predicted molar refractivity (Wildman–Crippen MR) is 133 cm³/mol. The number of nitrogens with zero attached hydrogens (tertiary/aromatic N) is 1. The summed E-state index contributed by atoms with van der Waals surface area (Å²) in [7, 11) is 2.08. The molecule has 32 heavy (non-hydrogen) atoms. The normalized spacial score (nSPS) is 12.8. The van der Waals surface area contributed by atoms with Crippen LogP contribution >= 0.6 is 0 Å². The Kier molecular flexibility index (Phi) is 16.9. The molecule has 1 aromatic carbocycles. The second kappa shape index (κ2) is 17.5. The number of rotatable bonds is 16. The maximum absolute atomic E-state index is 10.4. The van der Waals surface area contributed by atoms with Crippen LogP contribution in [0.5, 0.6) is 0 Å². The van der Waals surface area contributed by atoms with E-state index in [1.165, 1.54) is 76.3 Å². The highest BCUT2D eigenvalue weighted by Gasteiger charge is 2.14. The van der Waals surface area contributed by atoms with E-state index in [-0.39, 0.29) is 11.0 Å². The smallest absolute Gasteiger partial charge is 0.124 e. The largest absolute Gasteiger partial charge is 0.744 e. The lowest BCUT2D eigenvalue weighted by molar-refractivity contribution is -0.873. The van der Waals surface area contributed by atoms with Gasteiger partial charge in [0.15, 0.2) is 0 Å². The van der Waals surface area contributed by atoms with Crippen LogP contribution in [0.2, 0.25) is 0 Å². The Labute approximate surface area is 197 Å². The van der Waals surface area contributed by atoms with E-state index in [4.69, 9.17) is 0 Å². The first kappa shape index (κ1) is 31.0. The van der Waals surface area contributed by atoms with Gasteiger partial charge >= 0.3 is 0 Å². The average Bonchev–Trinajstić information content (AvgIpc) is 2.67. The van der Waals surface area contributed by atoms with E-state index in [0.717, 1.165) is 29.7 Å². The van der Waals surface area contributed by atoms with Crippen molar-refractivity contribution in [3.05, 3.63) is 29.8 Å². The molecule has 0 spiro atoms. The summed E-state index contributed by atoms with van der Waals surface area (Å²) in [6.07, 6.45) is 13.6. The van der Waals surface area contributed by atoms with Gasteiger partial charge in [-0.1, -0.05) is 82.4 Å². The number of quaternary nitrogens is 1. The van der Waals surface area contributed by atoms with Gasteiger partial charge in [-0.05, 0) is 32.0 Å². The Morgan fingerprint density at radius 1 is 0.906 bits per heavy atom. The molecule has 6 nitrogen and oxygen atoms in total. The summed E-state index contributed by atoms with van der Waals surface area (Å²) in [6, 6.07) is 5.78. The van der Waals surface area contributed by atoms with Crippen molar-refractivity contribution in [3.8, 4) is 0 Å². The zero-order valence-corrected chi connectivity index (χ0v) is 21.9. The zero-order valence-electron chi connectivity index (χ0n) is 21.1. The van der Waals surface area contributed by atoms with Gasteiger partial charge in [-0.2, -0.15) is 0 Å². The third kappa shape index (κ3) is 19.7. The number of benzene rings is 1. The maximum atomic E-state index is 10.4. The van der Waals surface area contributed by atoms with Gasteiger partial charge in [0.25, 0.3) is 0 Å². The van der Waals surface area contributed by atoms with Gasteiger partial charge in [-0.3, -0.25) is 0 Å². The van der Waals surface area contributed by atoms with Crippen molar-refractivity contribution in [3.63, 3.8) is 0 Å². The summed E-state index contributed by atoms with van der Waals surface area (Å²) in [5.74, 6) is 0. The first-order valence-corrected chi connectivity index (χ1v) is 13.6. The van der Waals surface area contributed by atoms with Crippen molar-refractivity contribution < 1.29 is 22.6 Å². The fourth-order valence-corrected chi connectivity index (χ4v) is 3.88. The Morgan fingerprint density at radius 2 is 1.38 bits per heavy atom. The first-order valence-electron chi connectivity index (χ1n) is 12.2. The van der Waals surface area contributed by atoms with Crippen LogP contribution in [0.1, 0.15) is 76.7 Å². The molecule has 1 atom stereocenters. The SMILES string of the molecule is CCCCCCCCCCCCNCC(O)C[N+](C)(C)C.Cc1ccc(S(=O)(=O)[O-])cc1. The Bertz CT molecular complexity index is 670. The van der Waals surface area contributed by atoms with Crippen LogP contribution in [0.25, 0.3) is 0 Å². The third-order valence-corrected chi connectivity index (χ3v) is 6.00. The highest BCUT2D eigenvalue weighted by molar-refractivity contribution is 7.85. The summed E-state index contributed by atoms with van der Waals surface area (Å²) >= 11 is 0. The van der Waals surface area contributed by atoms with Crippen LogP contribution < -0.4 is 5.32 Å². The molecule has 0 heterocycles. The van der Waals surface area contributed by atoms with E-state index in [0.29, 0.717) is 0 Å². The second-order valence-electron chi connectivity index (χ2n) is 9.78. The number of aryl methyl sites for hydroxylation is 1.